The number of benzene rings is 2. The number of carbonyl (C=O) groups is 1. The van der Waals surface area contributed by atoms with Crippen LogP contribution in [0.2, 0.25) is 0 Å². The van der Waals surface area contributed by atoms with Crippen LogP contribution >= 0.6 is 11.3 Å². The first-order valence-electron chi connectivity index (χ1n) is 10.6. The van der Waals surface area contributed by atoms with Crippen molar-refractivity contribution >= 4 is 27.9 Å². The molecular weight excluding hydrogens is 440 g/mol. The van der Waals surface area contributed by atoms with E-state index in [0.717, 1.165) is 23.4 Å². The number of para-hydroxylation sites is 1. The van der Waals surface area contributed by atoms with Crippen LogP contribution in [0.3, 0.4) is 0 Å². The molecule has 0 atom stereocenters. The zero-order chi connectivity index (χ0) is 23.2. The standard InChI is InChI=1S/C24H24N4O4S/c1-3-6-22-27-28-23(30)13-18(26-24(28)33-22)14-31-19-11-9-17(10-12-19)25-21(29)15-32-20-8-5-4-7-16(20)2/h4-5,7-13H,3,6,14-15H2,1-2H3,(H,25,29). The van der Waals surface area contributed by atoms with Crippen LogP contribution in [0.15, 0.2) is 59.4 Å². The number of hydrogen-bond donors (Lipinski definition) is 1. The second-order valence-corrected chi connectivity index (χ2v) is 8.48. The normalized spacial score (nSPS) is 10.8. The molecular formula is C24H24N4O4S. The highest BCUT2D eigenvalue weighted by Gasteiger charge is 2.10. The molecule has 4 aromatic rings. The van der Waals surface area contributed by atoms with Crippen molar-refractivity contribution in [2.24, 2.45) is 0 Å². The molecule has 170 valence electrons. The molecule has 0 radical (unpaired) electrons. The van der Waals surface area contributed by atoms with E-state index in [0.29, 0.717) is 27.8 Å². The largest absolute Gasteiger partial charge is 0.487 e. The summed E-state index contributed by atoms with van der Waals surface area (Å²) in [5.41, 5.74) is 1.92. The Labute approximate surface area is 194 Å². The van der Waals surface area contributed by atoms with E-state index >= 15 is 0 Å². The first-order chi connectivity index (χ1) is 16.0. The topological polar surface area (TPSA) is 94.8 Å². The minimum absolute atomic E-state index is 0.0790. The molecule has 4 rings (SSSR count). The van der Waals surface area contributed by atoms with Crippen molar-refractivity contribution < 1.29 is 14.3 Å². The summed E-state index contributed by atoms with van der Waals surface area (Å²) in [6, 6.07) is 16.0. The van der Waals surface area contributed by atoms with E-state index in [4.69, 9.17) is 9.47 Å². The lowest BCUT2D eigenvalue weighted by atomic mass is 10.2. The third kappa shape index (κ3) is 5.75. The Morgan fingerprint density at radius 3 is 2.67 bits per heavy atom. The van der Waals surface area contributed by atoms with Gasteiger partial charge >= 0.3 is 0 Å². The van der Waals surface area contributed by atoms with Crippen LogP contribution in [0.4, 0.5) is 5.69 Å². The number of rotatable bonds is 9. The first kappa shape index (κ1) is 22.5. The number of aromatic nitrogens is 3. The minimum Gasteiger partial charge on any atom is -0.487 e. The number of fused-ring (bicyclic) bond motifs is 1. The average molecular weight is 465 g/mol. The summed E-state index contributed by atoms with van der Waals surface area (Å²) < 4.78 is 12.7. The lowest BCUT2D eigenvalue weighted by molar-refractivity contribution is -0.118. The Morgan fingerprint density at radius 1 is 1.12 bits per heavy atom. The average Bonchev–Trinajstić information content (AvgIpc) is 3.21. The van der Waals surface area contributed by atoms with E-state index in [1.54, 1.807) is 24.3 Å². The summed E-state index contributed by atoms with van der Waals surface area (Å²) >= 11 is 1.42. The number of nitrogens with one attached hydrogen (secondary N) is 1. The Morgan fingerprint density at radius 2 is 1.91 bits per heavy atom. The SMILES string of the molecule is CCCc1nn2c(=O)cc(COc3ccc(NC(=O)COc4ccccc4C)cc3)nc2s1. The quantitative estimate of drug-likeness (QED) is 0.402. The molecule has 0 fully saturated rings. The number of anilines is 1. The molecule has 0 aliphatic carbocycles. The minimum atomic E-state index is -0.253. The van der Waals surface area contributed by atoms with Crippen molar-refractivity contribution in [2.75, 3.05) is 11.9 Å². The monoisotopic (exact) mass is 464 g/mol. The van der Waals surface area contributed by atoms with Crippen LogP contribution in [-0.4, -0.2) is 27.1 Å². The van der Waals surface area contributed by atoms with E-state index in [9.17, 15) is 9.59 Å². The Hall–Kier alpha value is -3.72. The van der Waals surface area contributed by atoms with Crippen molar-refractivity contribution in [3.63, 3.8) is 0 Å². The third-order valence-electron chi connectivity index (χ3n) is 4.78. The fourth-order valence-corrected chi connectivity index (χ4v) is 4.15. The lowest BCUT2D eigenvalue weighted by Gasteiger charge is -2.10. The predicted molar refractivity (Wildman–Crippen MR) is 127 cm³/mol. The van der Waals surface area contributed by atoms with Gasteiger partial charge in [-0.05, 0) is 49.2 Å². The number of ether oxygens (including phenoxy) is 2. The summed E-state index contributed by atoms with van der Waals surface area (Å²) in [6.45, 7) is 4.07. The number of aryl methyl sites for hydroxylation is 2. The van der Waals surface area contributed by atoms with Gasteiger partial charge < -0.3 is 14.8 Å². The molecule has 2 heterocycles. The van der Waals surface area contributed by atoms with E-state index in [1.807, 2.05) is 31.2 Å². The van der Waals surface area contributed by atoms with E-state index in [1.165, 1.54) is 21.9 Å². The molecule has 0 saturated heterocycles. The molecule has 1 N–H and O–H groups in total. The van der Waals surface area contributed by atoms with Gasteiger partial charge in [0.25, 0.3) is 11.5 Å². The maximum atomic E-state index is 12.3. The fraction of sp³-hybridized carbons (Fsp3) is 0.250. The van der Waals surface area contributed by atoms with Crippen LogP contribution in [-0.2, 0) is 17.8 Å². The molecule has 9 heteroatoms. The molecule has 1 amide bonds. The van der Waals surface area contributed by atoms with Gasteiger partial charge in [0.15, 0.2) is 6.61 Å². The highest BCUT2D eigenvalue weighted by molar-refractivity contribution is 7.16. The maximum Gasteiger partial charge on any atom is 0.275 e. The van der Waals surface area contributed by atoms with Gasteiger partial charge in [-0.2, -0.15) is 9.61 Å². The second kappa shape index (κ2) is 10.3. The van der Waals surface area contributed by atoms with E-state index < -0.39 is 0 Å². The van der Waals surface area contributed by atoms with Gasteiger partial charge in [0.1, 0.15) is 23.1 Å². The van der Waals surface area contributed by atoms with Crippen molar-refractivity contribution in [3.8, 4) is 11.5 Å². The molecule has 0 spiro atoms. The number of hydrogen-bond acceptors (Lipinski definition) is 7. The van der Waals surface area contributed by atoms with E-state index in [2.05, 4.69) is 22.3 Å². The van der Waals surface area contributed by atoms with Crippen LogP contribution in [0, 0.1) is 6.92 Å². The number of nitrogens with zero attached hydrogens (tertiary/aromatic N) is 3. The van der Waals surface area contributed by atoms with Gasteiger partial charge in [0.2, 0.25) is 4.96 Å². The molecule has 2 aromatic carbocycles. The summed E-state index contributed by atoms with van der Waals surface area (Å²) in [5, 5.41) is 7.99. The van der Waals surface area contributed by atoms with Crippen molar-refractivity contribution in [2.45, 2.75) is 33.3 Å². The van der Waals surface area contributed by atoms with Gasteiger partial charge in [0, 0.05) is 18.2 Å². The smallest absolute Gasteiger partial charge is 0.275 e. The molecule has 0 aliphatic heterocycles. The fourth-order valence-electron chi connectivity index (χ4n) is 3.14. The lowest BCUT2D eigenvalue weighted by Crippen LogP contribution is -2.20. The Kier molecular flexibility index (Phi) is 6.99. The molecule has 2 aromatic heterocycles. The van der Waals surface area contributed by atoms with Crippen molar-refractivity contribution in [1.82, 2.24) is 14.6 Å². The second-order valence-electron chi connectivity index (χ2n) is 7.44. The highest BCUT2D eigenvalue weighted by Crippen LogP contribution is 2.19. The Bertz CT molecular complexity index is 1310. The predicted octanol–water partition coefficient (Wildman–Crippen LogP) is 4.01. The molecule has 0 aliphatic rings. The van der Waals surface area contributed by atoms with Gasteiger partial charge in [-0.3, -0.25) is 9.59 Å². The van der Waals surface area contributed by atoms with Gasteiger partial charge in [-0.1, -0.05) is 36.5 Å². The van der Waals surface area contributed by atoms with Crippen LogP contribution in [0.5, 0.6) is 11.5 Å². The maximum absolute atomic E-state index is 12.3. The van der Waals surface area contributed by atoms with Crippen LogP contribution in [0.25, 0.3) is 4.96 Å². The van der Waals surface area contributed by atoms with Crippen molar-refractivity contribution in [1.29, 1.82) is 0 Å². The molecule has 0 unspecified atom stereocenters. The van der Waals surface area contributed by atoms with Gasteiger partial charge in [0.05, 0.1) is 5.69 Å². The third-order valence-corrected chi connectivity index (χ3v) is 5.75. The molecule has 0 saturated carbocycles. The van der Waals surface area contributed by atoms with Gasteiger partial charge in [-0.15, -0.1) is 0 Å². The first-order valence-corrected chi connectivity index (χ1v) is 11.4. The summed E-state index contributed by atoms with van der Waals surface area (Å²) in [6.07, 6.45) is 1.78. The van der Waals surface area contributed by atoms with E-state index in [-0.39, 0.29) is 24.7 Å². The number of amides is 1. The van der Waals surface area contributed by atoms with Gasteiger partial charge in [-0.25, -0.2) is 4.98 Å². The number of carbonyl (C=O) groups excluding carboxylic acids is 1. The van der Waals surface area contributed by atoms with Crippen molar-refractivity contribution in [3.05, 3.63) is 81.2 Å². The van der Waals surface area contributed by atoms with Crippen LogP contribution in [0.1, 0.15) is 29.6 Å². The Balaban J connectivity index is 1.31. The summed E-state index contributed by atoms with van der Waals surface area (Å²) in [5.74, 6) is 1.03. The molecule has 33 heavy (non-hydrogen) atoms. The van der Waals surface area contributed by atoms with Crippen LogP contribution < -0.4 is 20.3 Å². The highest BCUT2D eigenvalue weighted by atomic mass is 32.1. The molecule has 8 nitrogen and oxygen atoms in total. The molecule has 0 bridgehead atoms. The zero-order valence-corrected chi connectivity index (χ0v) is 19.2. The zero-order valence-electron chi connectivity index (χ0n) is 18.4. The summed E-state index contributed by atoms with van der Waals surface area (Å²) in [7, 11) is 0. The summed E-state index contributed by atoms with van der Waals surface area (Å²) in [4.78, 5) is 29.5.